The summed E-state index contributed by atoms with van der Waals surface area (Å²) in [6, 6.07) is 6.86. The molecule has 2 aromatic carbocycles. The molecule has 1 fully saturated rings. The van der Waals surface area contributed by atoms with Crippen LogP contribution in [0.5, 0.6) is 0 Å². The van der Waals surface area contributed by atoms with E-state index in [0.29, 0.717) is 24.7 Å². The van der Waals surface area contributed by atoms with Crippen molar-refractivity contribution in [3.8, 4) is 0 Å². The van der Waals surface area contributed by atoms with Gasteiger partial charge in [0.05, 0.1) is 31.8 Å². The Morgan fingerprint density at radius 3 is 2.61 bits per heavy atom. The Balaban J connectivity index is 1.71. The van der Waals surface area contributed by atoms with Gasteiger partial charge in [0.1, 0.15) is 0 Å². The molecule has 7 nitrogen and oxygen atoms in total. The van der Waals surface area contributed by atoms with Gasteiger partial charge in [-0.15, -0.1) is 11.8 Å². The normalized spacial score (nSPS) is 14.1. The SMILES string of the molecule is O=C(CSc1ccc(C(F)(F)F)cc1[N+](=O)[O-])Nc1cc(N2CCCC2=O)ccc1Cl. The number of thioether (sulfide) groups is 1. The van der Waals surface area contributed by atoms with E-state index in [2.05, 4.69) is 5.32 Å². The van der Waals surface area contributed by atoms with Gasteiger partial charge >= 0.3 is 6.18 Å². The first-order chi connectivity index (χ1) is 14.6. The third kappa shape index (κ3) is 5.47. The molecule has 3 rings (SSSR count). The summed E-state index contributed by atoms with van der Waals surface area (Å²) < 4.78 is 38.4. The van der Waals surface area contributed by atoms with Gasteiger partial charge in [0.2, 0.25) is 11.8 Å². The number of carbonyl (C=O) groups excluding carboxylic acids is 2. The summed E-state index contributed by atoms with van der Waals surface area (Å²) in [6.07, 6.45) is -3.55. The van der Waals surface area contributed by atoms with Crippen molar-refractivity contribution in [3.05, 3.63) is 57.1 Å². The second-order valence-electron chi connectivity index (χ2n) is 6.59. The Kier molecular flexibility index (Phi) is 6.75. The molecule has 0 saturated carbocycles. The molecule has 0 atom stereocenters. The Hall–Kier alpha value is -2.79. The quantitative estimate of drug-likeness (QED) is 0.357. The zero-order chi connectivity index (χ0) is 22.8. The lowest BCUT2D eigenvalue weighted by molar-refractivity contribution is -0.388. The third-order valence-electron chi connectivity index (χ3n) is 4.45. The van der Waals surface area contributed by atoms with Crippen LogP contribution in [0.1, 0.15) is 18.4 Å². The van der Waals surface area contributed by atoms with E-state index >= 15 is 0 Å². The van der Waals surface area contributed by atoms with Crippen LogP contribution in [0.25, 0.3) is 0 Å². The number of nitrogens with zero attached hydrogens (tertiary/aromatic N) is 2. The first-order valence-corrected chi connectivity index (χ1v) is 10.3. The van der Waals surface area contributed by atoms with Gasteiger partial charge in [0.15, 0.2) is 0 Å². The number of halogens is 4. The monoisotopic (exact) mass is 473 g/mol. The van der Waals surface area contributed by atoms with Gasteiger partial charge < -0.3 is 10.2 Å². The maximum absolute atomic E-state index is 12.8. The third-order valence-corrected chi connectivity index (χ3v) is 5.84. The molecule has 0 bridgehead atoms. The molecule has 2 aromatic rings. The summed E-state index contributed by atoms with van der Waals surface area (Å²) in [5.74, 6) is -0.897. The number of carbonyl (C=O) groups is 2. The van der Waals surface area contributed by atoms with Gasteiger partial charge in [-0.25, -0.2) is 0 Å². The van der Waals surface area contributed by atoms with E-state index in [0.717, 1.165) is 30.3 Å². The predicted octanol–water partition coefficient (Wildman–Crippen LogP) is 5.12. The molecule has 0 aliphatic carbocycles. The lowest BCUT2D eigenvalue weighted by Gasteiger charge is -2.17. The number of hydrogen-bond donors (Lipinski definition) is 1. The highest BCUT2D eigenvalue weighted by molar-refractivity contribution is 8.00. The van der Waals surface area contributed by atoms with Crippen LogP contribution in [0, 0.1) is 10.1 Å². The number of amides is 2. The van der Waals surface area contributed by atoms with Gasteiger partial charge in [-0.3, -0.25) is 19.7 Å². The number of alkyl halides is 3. The van der Waals surface area contributed by atoms with E-state index in [4.69, 9.17) is 11.6 Å². The Labute approximate surface area is 183 Å². The first-order valence-electron chi connectivity index (χ1n) is 8.94. The van der Waals surface area contributed by atoms with Crippen molar-refractivity contribution in [2.45, 2.75) is 23.9 Å². The van der Waals surface area contributed by atoms with Gasteiger partial charge in [-0.1, -0.05) is 11.6 Å². The lowest BCUT2D eigenvalue weighted by Crippen LogP contribution is -2.24. The maximum atomic E-state index is 12.8. The first kappa shape index (κ1) is 22.9. The molecule has 1 aliphatic rings. The van der Waals surface area contributed by atoms with Crippen LogP contribution in [0.3, 0.4) is 0 Å². The molecule has 31 heavy (non-hydrogen) atoms. The molecular weight excluding hydrogens is 459 g/mol. The van der Waals surface area contributed by atoms with E-state index in [9.17, 15) is 32.9 Å². The smallest absolute Gasteiger partial charge is 0.324 e. The molecule has 1 N–H and O–H groups in total. The largest absolute Gasteiger partial charge is 0.416 e. The summed E-state index contributed by atoms with van der Waals surface area (Å²) in [5.41, 5.74) is -1.05. The molecule has 164 valence electrons. The van der Waals surface area contributed by atoms with Crippen LogP contribution < -0.4 is 10.2 Å². The molecule has 1 heterocycles. The number of benzene rings is 2. The second-order valence-corrected chi connectivity index (χ2v) is 8.01. The van der Waals surface area contributed by atoms with Crippen molar-refractivity contribution in [3.63, 3.8) is 0 Å². The Morgan fingerprint density at radius 2 is 2.00 bits per heavy atom. The molecule has 0 spiro atoms. The van der Waals surface area contributed by atoms with Crippen LogP contribution in [-0.2, 0) is 15.8 Å². The van der Waals surface area contributed by atoms with Crippen LogP contribution >= 0.6 is 23.4 Å². The number of nitrogens with one attached hydrogen (secondary N) is 1. The Bertz CT molecular complexity index is 1050. The molecule has 0 radical (unpaired) electrons. The number of nitro benzene ring substituents is 1. The average molecular weight is 474 g/mol. The van der Waals surface area contributed by atoms with Crippen molar-refractivity contribution < 1.29 is 27.7 Å². The number of rotatable bonds is 6. The fraction of sp³-hybridized carbons (Fsp3) is 0.263. The van der Waals surface area contributed by atoms with Gasteiger partial charge in [0.25, 0.3) is 5.69 Å². The molecule has 1 aliphatic heterocycles. The van der Waals surface area contributed by atoms with E-state index in [1.807, 2.05) is 0 Å². The molecule has 0 unspecified atom stereocenters. The maximum Gasteiger partial charge on any atom is 0.416 e. The van der Waals surface area contributed by atoms with E-state index in [-0.39, 0.29) is 27.3 Å². The van der Waals surface area contributed by atoms with Crippen molar-refractivity contribution in [1.82, 2.24) is 0 Å². The molecule has 12 heteroatoms. The van der Waals surface area contributed by atoms with Crippen LogP contribution in [-0.4, -0.2) is 29.0 Å². The van der Waals surface area contributed by atoms with Gasteiger partial charge in [-0.2, -0.15) is 13.2 Å². The zero-order valence-electron chi connectivity index (χ0n) is 15.7. The Morgan fingerprint density at radius 1 is 1.26 bits per heavy atom. The molecule has 0 aromatic heterocycles. The van der Waals surface area contributed by atoms with Crippen LogP contribution in [0.15, 0.2) is 41.3 Å². The molecule has 2 amide bonds. The van der Waals surface area contributed by atoms with E-state index in [1.54, 1.807) is 17.0 Å². The average Bonchev–Trinajstić information content (AvgIpc) is 3.13. The minimum Gasteiger partial charge on any atom is -0.324 e. The van der Waals surface area contributed by atoms with E-state index < -0.39 is 28.3 Å². The standard InChI is InChI=1S/C19H15ClF3N3O4S/c20-13-5-4-12(25-7-1-2-18(25)28)9-14(13)24-17(27)10-31-16-6-3-11(19(21,22)23)8-15(16)26(29)30/h3-6,8-9H,1-2,7,10H2,(H,24,27). The summed E-state index contributed by atoms with van der Waals surface area (Å²) in [6.45, 7) is 0.557. The van der Waals surface area contributed by atoms with Crippen molar-refractivity contribution in [1.29, 1.82) is 0 Å². The highest BCUT2D eigenvalue weighted by atomic mass is 35.5. The molecular formula is C19H15ClF3N3O4S. The minimum absolute atomic E-state index is 0.0373. The minimum atomic E-state index is -4.72. The number of anilines is 2. The van der Waals surface area contributed by atoms with Gasteiger partial charge in [-0.05, 0) is 36.8 Å². The molecule has 1 saturated heterocycles. The van der Waals surface area contributed by atoms with Crippen LogP contribution in [0.4, 0.5) is 30.2 Å². The van der Waals surface area contributed by atoms with Crippen molar-refractivity contribution in [2.75, 3.05) is 22.5 Å². The van der Waals surface area contributed by atoms with Crippen molar-refractivity contribution in [2.24, 2.45) is 0 Å². The summed E-state index contributed by atoms with van der Waals surface area (Å²) in [7, 11) is 0. The van der Waals surface area contributed by atoms with Crippen LogP contribution in [0.2, 0.25) is 5.02 Å². The second kappa shape index (κ2) is 9.15. The zero-order valence-corrected chi connectivity index (χ0v) is 17.3. The summed E-state index contributed by atoms with van der Waals surface area (Å²) >= 11 is 6.84. The fourth-order valence-electron chi connectivity index (χ4n) is 2.99. The van der Waals surface area contributed by atoms with E-state index in [1.165, 1.54) is 6.07 Å². The highest BCUT2D eigenvalue weighted by Crippen LogP contribution is 2.37. The number of hydrogen-bond acceptors (Lipinski definition) is 5. The van der Waals surface area contributed by atoms with Crippen molar-refractivity contribution >= 4 is 52.2 Å². The highest BCUT2D eigenvalue weighted by Gasteiger charge is 2.33. The summed E-state index contributed by atoms with van der Waals surface area (Å²) in [5, 5.41) is 13.9. The summed E-state index contributed by atoms with van der Waals surface area (Å²) in [4.78, 5) is 35.9. The predicted molar refractivity (Wildman–Crippen MR) is 110 cm³/mol. The topological polar surface area (TPSA) is 92.5 Å². The fourth-order valence-corrected chi connectivity index (χ4v) is 3.96. The van der Waals surface area contributed by atoms with Gasteiger partial charge in [0, 0.05) is 24.7 Å². The number of nitro groups is 1. The lowest BCUT2D eigenvalue weighted by atomic mass is 10.2.